The molecule has 0 saturated carbocycles. The predicted molar refractivity (Wildman–Crippen MR) is 76.5 cm³/mol. The van der Waals surface area contributed by atoms with E-state index in [1.54, 1.807) is 23.1 Å². The number of carbonyl (C=O) groups is 2. The molecule has 0 aromatic carbocycles. The fraction of sp³-hybridized carbons (Fsp3) is 0.467. The molecule has 1 spiro atoms. The minimum Gasteiger partial charge on any atom is -0.459 e. The predicted octanol–water partition coefficient (Wildman–Crippen LogP) is 0.830. The summed E-state index contributed by atoms with van der Waals surface area (Å²) in [6.07, 6.45) is 4.69. The molecule has 21 heavy (non-hydrogen) atoms. The molecule has 0 atom stereocenters. The summed E-state index contributed by atoms with van der Waals surface area (Å²) >= 11 is 0. The highest BCUT2D eigenvalue weighted by Crippen LogP contribution is 2.30. The van der Waals surface area contributed by atoms with Crippen molar-refractivity contribution in [2.24, 2.45) is 0 Å². The zero-order chi connectivity index (χ0) is 14.9. The molecule has 1 aromatic heterocycles. The monoisotopic (exact) mass is 289 g/mol. The zero-order valence-electron chi connectivity index (χ0n) is 11.9. The maximum absolute atomic E-state index is 12.3. The number of hydrogen-bond donors (Lipinski definition) is 1. The number of piperidine rings is 1. The topological polar surface area (TPSA) is 65.8 Å². The Labute approximate surface area is 123 Å². The first-order chi connectivity index (χ1) is 10.2. The minimum absolute atomic E-state index is 0.0885. The highest BCUT2D eigenvalue weighted by Gasteiger charge is 2.46. The minimum atomic E-state index is -0.328. The first-order valence-corrected chi connectivity index (χ1v) is 7.15. The molecule has 3 rings (SSSR count). The van der Waals surface area contributed by atoms with Crippen LogP contribution in [0.5, 0.6) is 0 Å². The van der Waals surface area contributed by atoms with Gasteiger partial charge in [-0.25, -0.2) is 0 Å². The van der Waals surface area contributed by atoms with Crippen LogP contribution in [0.15, 0.2) is 35.5 Å². The second-order valence-electron chi connectivity index (χ2n) is 5.45. The van der Waals surface area contributed by atoms with E-state index in [1.807, 2.05) is 4.90 Å². The van der Waals surface area contributed by atoms with Gasteiger partial charge in [-0.05, 0) is 12.1 Å². The van der Waals surface area contributed by atoms with Crippen LogP contribution in [0.4, 0.5) is 0 Å². The van der Waals surface area contributed by atoms with Crippen molar-refractivity contribution in [1.29, 1.82) is 0 Å². The Hall–Kier alpha value is -2.08. The van der Waals surface area contributed by atoms with Gasteiger partial charge in [-0.15, -0.1) is 6.58 Å². The van der Waals surface area contributed by atoms with Crippen molar-refractivity contribution in [3.05, 3.63) is 36.8 Å². The fourth-order valence-corrected chi connectivity index (χ4v) is 3.16. The van der Waals surface area contributed by atoms with Gasteiger partial charge < -0.3 is 14.2 Å². The van der Waals surface area contributed by atoms with Gasteiger partial charge in [-0.3, -0.25) is 14.9 Å². The van der Waals surface area contributed by atoms with Crippen molar-refractivity contribution < 1.29 is 14.0 Å². The van der Waals surface area contributed by atoms with Gasteiger partial charge in [0, 0.05) is 32.5 Å². The zero-order valence-corrected chi connectivity index (χ0v) is 11.9. The first kappa shape index (κ1) is 13.9. The molecule has 2 aliphatic rings. The maximum Gasteiger partial charge on any atom is 0.289 e. The van der Waals surface area contributed by atoms with Gasteiger partial charge in [0.2, 0.25) is 5.91 Å². The normalized spacial score (nSPS) is 21.0. The second kappa shape index (κ2) is 5.37. The number of rotatable bonds is 3. The van der Waals surface area contributed by atoms with Gasteiger partial charge in [-0.2, -0.15) is 0 Å². The molecule has 0 aliphatic carbocycles. The lowest BCUT2D eigenvalue weighted by molar-refractivity contribution is -0.130. The van der Waals surface area contributed by atoms with Gasteiger partial charge in [0.25, 0.3) is 5.91 Å². The smallest absolute Gasteiger partial charge is 0.289 e. The summed E-state index contributed by atoms with van der Waals surface area (Å²) in [4.78, 5) is 27.8. The average molecular weight is 289 g/mol. The second-order valence-corrected chi connectivity index (χ2v) is 5.45. The maximum atomic E-state index is 12.3. The molecule has 6 heteroatoms. The van der Waals surface area contributed by atoms with Crippen molar-refractivity contribution >= 4 is 11.8 Å². The van der Waals surface area contributed by atoms with E-state index in [1.165, 1.54) is 6.26 Å². The Morgan fingerprint density at radius 2 is 2.24 bits per heavy atom. The van der Waals surface area contributed by atoms with Crippen LogP contribution in [-0.2, 0) is 4.79 Å². The fourth-order valence-electron chi connectivity index (χ4n) is 3.16. The lowest BCUT2D eigenvalue weighted by Gasteiger charge is -2.44. The molecule has 2 fully saturated rings. The van der Waals surface area contributed by atoms with Crippen LogP contribution >= 0.6 is 0 Å². The van der Waals surface area contributed by atoms with Crippen molar-refractivity contribution in [2.45, 2.75) is 18.5 Å². The average Bonchev–Trinajstić information content (AvgIpc) is 3.12. The van der Waals surface area contributed by atoms with Crippen molar-refractivity contribution in [3.8, 4) is 0 Å². The Bertz CT molecular complexity index is 545. The number of carbonyl (C=O) groups excluding carboxylic acids is 2. The van der Waals surface area contributed by atoms with Gasteiger partial charge in [0.05, 0.1) is 18.5 Å². The number of amides is 2. The van der Waals surface area contributed by atoms with Crippen molar-refractivity contribution in [3.63, 3.8) is 0 Å². The van der Waals surface area contributed by atoms with E-state index in [0.717, 1.165) is 12.8 Å². The van der Waals surface area contributed by atoms with E-state index in [9.17, 15) is 9.59 Å². The number of likely N-dealkylation sites (tertiary alicyclic amines) is 1. The standard InChI is InChI=1S/C15H19N3O3/c1-2-7-18-13(19)11-16-15(18)5-8-17(9-6-15)14(20)12-4-3-10-21-12/h2-4,10,16H,1,5-9,11H2. The molecule has 112 valence electrons. The summed E-state index contributed by atoms with van der Waals surface area (Å²) in [5.41, 5.74) is -0.328. The number of nitrogens with one attached hydrogen (secondary N) is 1. The molecule has 3 heterocycles. The molecule has 0 radical (unpaired) electrons. The van der Waals surface area contributed by atoms with Gasteiger partial charge in [0.15, 0.2) is 5.76 Å². The van der Waals surface area contributed by atoms with Gasteiger partial charge in [0.1, 0.15) is 0 Å². The van der Waals surface area contributed by atoms with Crippen LogP contribution in [0, 0.1) is 0 Å². The van der Waals surface area contributed by atoms with E-state index < -0.39 is 0 Å². The third kappa shape index (κ3) is 2.35. The number of nitrogens with zero attached hydrogens (tertiary/aromatic N) is 2. The first-order valence-electron chi connectivity index (χ1n) is 7.15. The number of furan rings is 1. The molecular formula is C15H19N3O3. The van der Waals surface area contributed by atoms with Crippen LogP contribution in [-0.4, -0.2) is 53.5 Å². The van der Waals surface area contributed by atoms with Gasteiger partial charge >= 0.3 is 0 Å². The Kier molecular flexibility index (Phi) is 3.55. The quantitative estimate of drug-likeness (QED) is 0.837. The largest absolute Gasteiger partial charge is 0.459 e. The number of hydrogen-bond acceptors (Lipinski definition) is 4. The van der Waals surface area contributed by atoms with Crippen LogP contribution in [0.1, 0.15) is 23.4 Å². The van der Waals surface area contributed by atoms with Gasteiger partial charge in [-0.1, -0.05) is 6.08 Å². The molecule has 1 N–H and O–H groups in total. The SMILES string of the molecule is C=CCN1C(=O)CNC12CCN(C(=O)c1ccco1)CC2. The highest BCUT2D eigenvalue weighted by molar-refractivity contribution is 5.91. The molecule has 2 aliphatic heterocycles. The third-order valence-corrected chi connectivity index (χ3v) is 4.31. The third-order valence-electron chi connectivity index (χ3n) is 4.31. The van der Waals surface area contributed by atoms with E-state index >= 15 is 0 Å². The molecule has 1 aromatic rings. The van der Waals surface area contributed by atoms with E-state index in [0.29, 0.717) is 31.9 Å². The summed E-state index contributed by atoms with van der Waals surface area (Å²) < 4.78 is 5.16. The van der Waals surface area contributed by atoms with Crippen LogP contribution < -0.4 is 5.32 Å². The van der Waals surface area contributed by atoms with E-state index in [4.69, 9.17) is 4.42 Å². The summed E-state index contributed by atoms with van der Waals surface area (Å²) in [5, 5.41) is 3.32. The Morgan fingerprint density at radius 3 is 2.86 bits per heavy atom. The van der Waals surface area contributed by atoms with E-state index in [2.05, 4.69) is 11.9 Å². The molecule has 0 unspecified atom stereocenters. The van der Waals surface area contributed by atoms with Crippen LogP contribution in [0.3, 0.4) is 0 Å². The molecule has 0 bridgehead atoms. The molecule has 6 nitrogen and oxygen atoms in total. The van der Waals surface area contributed by atoms with E-state index in [-0.39, 0.29) is 17.5 Å². The molecule has 2 saturated heterocycles. The lowest BCUT2D eigenvalue weighted by atomic mass is 9.95. The highest BCUT2D eigenvalue weighted by atomic mass is 16.3. The molecular weight excluding hydrogens is 270 g/mol. The van der Waals surface area contributed by atoms with Crippen LogP contribution in [0.2, 0.25) is 0 Å². The summed E-state index contributed by atoms with van der Waals surface area (Å²) in [7, 11) is 0. The van der Waals surface area contributed by atoms with Crippen molar-refractivity contribution in [1.82, 2.24) is 15.1 Å². The Morgan fingerprint density at radius 1 is 1.48 bits per heavy atom. The Balaban J connectivity index is 1.68. The summed E-state index contributed by atoms with van der Waals surface area (Å²) in [6, 6.07) is 3.38. The summed E-state index contributed by atoms with van der Waals surface area (Å²) in [6.45, 7) is 5.82. The van der Waals surface area contributed by atoms with Crippen LogP contribution in [0.25, 0.3) is 0 Å². The molecule has 2 amide bonds. The van der Waals surface area contributed by atoms with Crippen molar-refractivity contribution in [2.75, 3.05) is 26.2 Å². The summed E-state index contributed by atoms with van der Waals surface area (Å²) in [5.74, 6) is 0.375. The lowest BCUT2D eigenvalue weighted by Crippen LogP contribution is -2.59.